The average molecular weight is 302 g/mol. The number of aryl methyl sites for hydroxylation is 2. The lowest BCUT2D eigenvalue weighted by atomic mass is 10.1. The molecular formula is C15H18N4O3. The molecule has 1 fully saturated rings. The first-order valence-electron chi connectivity index (χ1n) is 7.31. The standard InChI is InChI=1S/C15H18N4O3/c1-8-5-13-16-7-11(9(2)19(13)18-8)14(20)17-12(15(21)22)6-10-3-4-10/h5,7,10,12H,3-4,6H2,1-2H3,(H,17,20)(H,21,22). The highest BCUT2D eigenvalue weighted by atomic mass is 16.4. The van der Waals surface area contributed by atoms with Crippen LogP contribution in [-0.4, -0.2) is 37.6 Å². The van der Waals surface area contributed by atoms with E-state index in [-0.39, 0.29) is 0 Å². The van der Waals surface area contributed by atoms with E-state index >= 15 is 0 Å². The minimum absolute atomic E-state index is 0.345. The minimum atomic E-state index is -0.998. The second-order valence-electron chi connectivity index (χ2n) is 5.86. The predicted octanol–water partition coefficient (Wildman–Crippen LogP) is 1.33. The summed E-state index contributed by atoms with van der Waals surface area (Å²) in [5.74, 6) is -1.01. The average Bonchev–Trinajstić information content (AvgIpc) is 3.18. The molecule has 1 amide bonds. The van der Waals surface area contributed by atoms with Crippen LogP contribution in [0, 0.1) is 19.8 Å². The Morgan fingerprint density at radius 2 is 2.18 bits per heavy atom. The summed E-state index contributed by atoms with van der Waals surface area (Å²) in [5.41, 5.74) is 2.47. The van der Waals surface area contributed by atoms with E-state index in [9.17, 15) is 14.7 Å². The zero-order chi connectivity index (χ0) is 15.9. The first kappa shape index (κ1) is 14.5. The number of nitrogens with zero attached hydrogens (tertiary/aromatic N) is 3. The van der Waals surface area contributed by atoms with Crippen molar-refractivity contribution in [2.75, 3.05) is 0 Å². The highest BCUT2D eigenvalue weighted by Crippen LogP contribution is 2.33. The second-order valence-corrected chi connectivity index (χ2v) is 5.86. The maximum absolute atomic E-state index is 12.4. The zero-order valence-electron chi connectivity index (χ0n) is 12.5. The molecule has 3 rings (SSSR count). The quantitative estimate of drug-likeness (QED) is 0.868. The summed E-state index contributed by atoms with van der Waals surface area (Å²) in [6, 6.07) is 0.969. The van der Waals surface area contributed by atoms with Gasteiger partial charge < -0.3 is 10.4 Å². The predicted molar refractivity (Wildman–Crippen MR) is 78.7 cm³/mol. The first-order valence-corrected chi connectivity index (χ1v) is 7.31. The Morgan fingerprint density at radius 3 is 2.82 bits per heavy atom. The number of rotatable bonds is 5. The molecule has 0 aromatic carbocycles. The van der Waals surface area contributed by atoms with Gasteiger partial charge in [-0.3, -0.25) is 4.79 Å². The van der Waals surface area contributed by atoms with Crippen molar-refractivity contribution < 1.29 is 14.7 Å². The number of hydrogen-bond donors (Lipinski definition) is 2. The number of aliphatic carboxylic acids is 1. The molecule has 7 nitrogen and oxygen atoms in total. The van der Waals surface area contributed by atoms with Crippen molar-refractivity contribution in [2.45, 2.75) is 39.2 Å². The zero-order valence-corrected chi connectivity index (χ0v) is 12.5. The van der Waals surface area contributed by atoms with Crippen LogP contribution in [0.4, 0.5) is 0 Å². The van der Waals surface area contributed by atoms with Gasteiger partial charge in [0.2, 0.25) is 0 Å². The van der Waals surface area contributed by atoms with Crippen molar-refractivity contribution in [3.05, 3.63) is 29.2 Å². The Hall–Kier alpha value is -2.44. The minimum Gasteiger partial charge on any atom is -0.480 e. The molecule has 22 heavy (non-hydrogen) atoms. The molecule has 0 radical (unpaired) electrons. The topological polar surface area (TPSA) is 96.6 Å². The summed E-state index contributed by atoms with van der Waals surface area (Å²) in [5, 5.41) is 16.1. The molecule has 2 N–H and O–H groups in total. The highest BCUT2D eigenvalue weighted by Gasteiger charge is 2.30. The van der Waals surface area contributed by atoms with Crippen LogP contribution in [0.5, 0.6) is 0 Å². The van der Waals surface area contributed by atoms with E-state index < -0.39 is 17.9 Å². The molecule has 2 heterocycles. The lowest BCUT2D eigenvalue weighted by Crippen LogP contribution is -2.41. The van der Waals surface area contributed by atoms with Crippen molar-refractivity contribution in [1.29, 1.82) is 0 Å². The summed E-state index contributed by atoms with van der Waals surface area (Å²) in [4.78, 5) is 27.9. The Balaban J connectivity index is 1.84. The van der Waals surface area contributed by atoms with Gasteiger partial charge in [0.25, 0.3) is 5.91 Å². The van der Waals surface area contributed by atoms with Gasteiger partial charge in [0, 0.05) is 12.3 Å². The largest absolute Gasteiger partial charge is 0.480 e. The second kappa shape index (κ2) is 5.40. The van der Waals surface area contributed by atoms with Crippen LogP contribution in [0.25, 0.3) is 5.65 Å². The van der Waals surface area contributed by atoms with Crippen LogP contribution >= 0.6 is 0 Å². The number of aromatic nitrogens is 3. The van der Waals surface area contributed by atoms with Crippen molar-refractivity contribution in [1.82, 2.24) is 19.9 Å². The third-order valence-electron chi connectivity index (χ3n) is 3.96. The van der Waals surface area contributed by atoms with E-state index in [4.69, 9.17) is 0 Å². The van der Waals surface area contributed by atoms with Crippen LogP contribution in [0.3, 0.4) is 0 Å². The molecule has 0 aliphatic heterocycles. The maximum atomic E-state index is 12.4. The molecule has 1 unspecified atom stereocenters. The number of nitrogens with one attached hydrogen (secondary N) is 1. The van der Waals surface area contributed by atoms with Gasteiger partial charge in [0.1, 0.15) is 6.04 Å². The first-order chi connectivity index (χ1) is 10.5. The van der Waals surface area contributed by atoms with Crippen molar-refractivity contribution in [2.24, 2.45) is 5.92 Å². The van der Waals surface area contributed by atoms with Crippen LogP contribution in [0.15, 0.2) is 12.3 Å². The van der Waals surface area contributed by atoms with Crippen molar-refractivity contribution in [3.8, 4) is 0 Å². The SMILES string of the molecule is Cc1cc2ncc(C(=O)NC(CC3CC3)C(=O)O)c(C)n2n1. The number of carbonyl (C=O) groups is 2. The van der Waals surface area contributed by atoms with E-state index in [1.54, 1.807) is 11.4 Å². The lowest BCUT2D eigenvalue weighted by molar-refractivity contribution is -0.139. The van der Waals surface area contributed by atoms with Crippen LogP contribution in [-0.2, 0) is 4.79 Å². The molecule has 1 atom stereocenters. The van der Waals surface area contributed by atoms with Gasteiger partial charge in [-0.1, -0.05) is 12.8 Å². The van der Waals surface area contributed by atoms with E-state index in [1.807, 2.05) is 13.0 Å². The number of carboxylic acid groups (broad SMARTS) is 1. The summed E-state index contributed by atoms with van der Waals surface area (Å²) < 4.78 is 1.60. The number of carboxylic acids is 1. The van der Waals surface area contributed by atoms with E-state index in [0.717, 1.165) is 18.5 Å². The Morgan fingerprint density at radius 1 is 1.45 bits per heavy atom. The Kier molecular flexibility index (Phi) is 3.56. The lowest BCUT2D eigenvalue weighted by Gasteiger charge is -2.15. The fourth-order valence-corrected chi connectivity index (χ4v) is 2.53. The van der Waals surface area contributed by atoms with E-state index in [2.05, 4.69) is 15.4 Å². The van der Waals surface area contributed by atoms with Crippen LogP contribution in [0.1, 0.15) is 41.0 Å². The van der Waals surface area contributed by atoms with Gasteiger partial charge in [0.05, 0.1) is 17.0 Å². The fraction of sp³-hybridized carbons (Fsp3) is 0.467. The third kappa shape index (κ3) is 2.79. The molecule has 1 aliphatic rings. The maximum Gasteiger partial charge on any atom is 0.326 e. The summed E-state index contributed by atoms with van der Waals surface area (Å²) in [6.07, 6.45) is 4.03. The van der Waals surface area contributed by atoms with Crippen molar-refractivity contribution >= 4 is 17.5 Å². The summed E-state index contributed by atoms with van der Waals surface area (Å²) in [6.45, 7) is 3.62. The number of fused-ring (bicyclic) bond motifs is 1. The van der Waals surface area contributed by atoms with Gasteiger partial charge in [-0.15, -0.1) is 0 Å². The van der Waals surface area contributed by atoms with Crippen LogP contribution in [0.2, 0.25) is 0 Å². The highest BCUT2D eigenvalue weighted by molar-refractivity contribution is 5.97. The number of hydrogen-bond acceptors (Lipinski definition) is 4. The van der Waals surface area contributed by atoms with Crippen LogP contribution < -0.4 is 5.32 Å². The Bertz CT molecular complexity index is 749. The van der Waals surface area contributed by atoms with E-state index in [0.29, 0.717) is 29.2 Å². The van der Waals surface area contributed by atoms with Crippen molar-refractivity contribution in [3.63, 3.8) is 0 Å². The molecular weight excluding hydrogens is 284 g/mol. The third-order valence-corrected chi connectivity index (χ3v) is 3.96. The molecule has 0 spiro atoms. The van der Waals surface area contributed by atoms with Gasteiger partial charge in [-0.25, -0.2) is 14.3 Å². The van der Waals surface area contributed by atoms with Gasteiger partial charge >= 0.3 is 5.97 Å². The fourth-order valence-electron chi connectivity index (χ4n) is 2.53. The molecule has 116 valence electrons. The number of carbonyl (C=O) groups excluding carboxylic acids is 1. The molecule has 2 aromatic rings. The van der Waals surface area contributed by atoms with E-state index in [1.165, 1.54) is 6.20 Å². The molecule has 1 aliphatic carbocycles. The summed E-state index contributed by atoms with van der Waals surface area (Å²) >= 11 is 0. The monoisotopic (exact) mass is 302 g/mol. The van der Waals surface area contributed by atoms with Gasteiger partial charge in [0.15, 0.2) is 5.65 Å². The van der Waals surface area contributed by atoms with Gasteiger partial charge in [-0.2, -0.15) is 5.10 Å². The summed E-state index contributed by atoms with van der Waals surface area (Å²) in [7, 11) is 0. The van der Waals surface area contributed by atoms with Gasteiger partial charge in [-0.05, 0) is 26.2 Å². The Labute approximate surface area is 127 Å². The number of amides is 1. The molecule has 0 saturated heterocycles. The molecule has 7 heteroatoms. The molecule has 2 aromatic heterocycles. The molecule has 1 saturated carbocycles. The molecule has 0 bridgehead atoms. The normalized spacial score (nSPS) is 15.7. The smallest absolute Gasteiger partial charge is 0.326 e.